The fourth-order valence-corrected chi connectivity index (χ4v) is 1.88. The quantitative estimate of drug-likeness (QED) is 0.581. The van der Waals surface area contributed by atoms with Gasteiger partial charge in [0.15, 0.2) is 0 Å². The Hall–Kier alpha value is -0.160. The van der Waals surface area contributed by atoms with Crippen LogP contribution in [0.25, 0.3) is 0 Å². The van der Waals surface area contributed by atoms with Gasteiger partial charge in [0.1, 0.15) is 0 Å². The Bertz CT molecular complexity index is 318. The highest BCUT2D eigenvalue weighted by molar-refractivity contribution is 8.93. The molecule has 1 aromatic rings. The summed E-state index contributed by atoms with van der Waals surface area (Å²) < 4.78 is 0. The lowest BCUT2D eigenvalue weighted by molar-refractivity contribution is 0.108. The lowest BCUT2D eigenvalue weighted by atomic mass is 10.2. The van der Waals surface area contributed by atoms with Crippen LogP contribution in [0, 0.1) is 0 Å². The van der Waals surface area contributed by atoms with Crippen molar-refractivity contribution in [1.82, 2.24) is 0 Å². The Morgan fingerprint density at radius 3 is 2.31 bits per heavy atom. The molecule has 0 bridgehead atoms. The molecule has 0 aliphatic rings. The zero-order valence-electron chi connectivity index (χ0n) is 7.03. The summed E-state index contributed by atoms with van der Waals surface area (Å²) in [6.07, 6.45) is 1.63. The molecule has 0 spiro atoms. The van der Waals surface area contributed by atoms with Crippen LogP contribution in [0.2, 0.25) is 5.02 Å². The van der Waals surface area contributed by atoms with Crippen molar-refractivity contribution in [2.45, 2.75) is 0 Å². The third-order valence-electron chi connectivity index (χ3n) is 1.46. The molecule has 1 aromatic carbocycles. The van der Waals surface area contributed by atoms with Gasteiger partial charge < -0.3 is 0 Å². The van der Waals surface area contributed by atoms with E-state index in [1.165, 1.54) is 0 Å². The number of hydrogen-bond acceptors (Lipinski definition) is 3. The van der Waals surface area contributed by atoms with E-state index in [4.69, 9.17) is 16.7 Å². The number of carbonyl (C=O) groups excluding carboxylic acids is 1. The van der Waals surface area contributed by atoms with Crippen molar-refractivity contribution < 1.29 is 4.79 Å². The summed E-state index contributed by atoms with van der Waals surface area (Å²) in [7, 11) is -1.96. The lowest BCUT2D eigenvalue weighted by Crippen LogP contribution is -2.13. The fourth-order valence-electron chi connectivity index (χ4n) is 0.825. The maximum atomic E-state index is 11.6. The van der Waals surface area contributed by atoms with Gasteiger partial charge in [-0.3, -0.25) is 9.93 Å². The molecule has 0 aromatic heterocycles. The number of thiol groups is 1. The van der Waals surface area contributed by atoms with Crippen LogP contribution < -0.4 is 5.14 Å². The monoisotopic (exact) mass is 235 g/mol. The van der Waals surface area contributed by atoms with Crippen LogP contribution >= 0.6 is 32.5 Å². The van der Waals surface area contributed by atoms with Crippen LogP contribution in [-0.2, 0) is 0 Å². The third-order valence-corrected chi connectivity index (χ3v) is 3.19. The average molecular weight is 236 g/mol. The van der Waals surface area contributed by atoms with E-state index in [-0.39, 0.29) is 5.12 Å². The maximum Gasteiger partial charge on any atom is 0.222 e. The first-order chi connectivity index (χ1) is 5.91. The smallest absolute Gasteiger partial charge is 0.222 e. The van der Waals surface area contributed by atoms with Gasteiger partial charge in [0.25, 0.3) is 0 Å². The molecular formula is C8H10ClNOS2. The van der Waals surface area contributed by atoms with Crippen LogP contribution in [0.4, 0.5) is 0 Å². The second kappa shape index (κ2) is 3.92. The Kier molecular flexibility index (Phi) is 3.29. The van der Waals surface area contributed by atoms with Crippen molar-refractivity contribution in [3.8, 4) is 0 Å². The van der Waals surface area contributed by atoms with Crippen LogP contribution in [0.5, 0.6) is 0 Å². The van der Waals surface area contributed by atoms with E-state index in [1.54, 1.807) is 30.5 Å². The van der Waals surface area contributed by atoms with Crippen molar-refractivity contribution in [2.75, 3.05) is 6.26 Å². The van der Waals surface area contributed by atoms with Gasteiger partial charge in [0.2, 0.25) is 5.12 Å². The van der Waals surface area contributed by atoms with Crippen molar-refractivity contribution in [3.63, 3.8) is 0 Å². The van der Waals surface area contributed by atoms with Crippen LogP contribution in [0.1, 0.15) is 10.4 Å². The Morgan fingerprint density at radius 2 is 1.92 bits per heavy atom. The van der Waals surface area contributed by atoms with Gasteiger partial charge in [0, 0.05) is 10.6 Å². The molecule has 0 aliphatic carbocycles. The molecule has 5 heteroatoms. The van der Waals surface area contributed by atoms with Gasteiger partial charge in [-0.1, -0.05) is 20.8 Å². The summed E-state index contributed by atoms with van der Waals surface area (Å²) in [5.74, 6) is 0. The van der Waals surface area contributed by atoms with Gasteiger partial charge in [-0.2, -0.15) is 0 Å². The van der Waals surface area contributed by atoms with Crippen molar-refractivity contribution in [1.29, 1.82) is 0 Å². The molecule has 0 saturated carbocycles. The maximum absolute atomic E-state index is 11.6. The zero-order chi connectivity index (χ0) is 10.1. The summed E-state index contributed by atoms with van der Waals surface area (Å²) in [5.41, 5.74) is 0.555. The van der Waals surface area contributed by atoms with Crippen LogP contribution in [-0.4, -0.2) is 11.4 Å². The normalized spacial score (nSPS) is 17.5. The van der Waals surface area contributed by atoms with Gasteiger partial charge in [-0.25, -0.2) is 0 Å². The molecule has 2 nitrogen and oxygen atoms in total. The second-order valence-corrected chi connectivity index (χ2v) is 7.69. The van der Waals surface area contributed by atoms with E-state index >= 15 is 0 Å². The fraction of sp³-hybridized carbons (Fsp3) is 0.125. The molecule has 0 saturated heterocycles. The van der Waals surface area contributed by atoms with E-state index in [0.29, 0.717) is 10.6 Å². The number of carbonyl (C=O) groups is 1. The largest absolute Gasteiger partial charge is 0.281 e. The summed E-state index contributed by atoms with van der Waals surface area (Å²) in [6, 6.07) is 6.62. The number of halogens is 1. The van der Waals surface area contributed by atoms with Gasteiger partial charge in [-0.05, 0) is 30.5 Å². The van der Waals surface area contributed by atoms with Gasteiger partial charge >= 0.3 is 0 Å². The number of benzene rings is 1. The minimum absolute atomic E-state index is 0.132. The highest BCUT2D eigenvalue weighted by atomic mass is 35.5. The van der Waals surface area contributed by atoms with Crippen molar-refractivity contribution in [3.05, 3.63) is 34.9 Å². The van der Waals surface area contributed by atoms with Crippen molar-refractivity contribution in [2.24, 2.45) is 5.14 Å². The first kappa shape index (κ1) is 10.9. The molecule has 0 fully saturated rings. The highest BCUT2D eigenvalue weighted by Crippen LogP contribution is 2.43. The van der Waals surface area contributed by atoms with E-state index in [1.807, 2.05) is 0 Å². The molecule has 2 N–H and O–H groups in total. The minimum Gasteiger partial charge on any atom is -0.281 e. The summed E-state index contributed by atoms with van der Waals surface area (Å²) >= 11 is 9.74. The molecule has 13 heavy (non-hydrogen) atoms. The third kappa shape index (κ3) is 2.91. The SMILES string of the molecule is CS(N)(S)C(=O)c1ccc(Cl)cc1. The Balaban J connectivity index is 2.97. The molecule has 1 atom stereocenters. The first-order valence-corrected chi connectivity index (χ1v) is 7.03. The predicted octanol–water partition coefficient (Wildman–Crippen LogP) is 2.63. The molecule has 1 unspecified atom stereocenters. The molecule has 1 rings (SSSR count). The Morgan fingerprint density at radius 1 is 1.46 bits per heavy atom. The number of hydrogen-bond donors (Lipinski definition) is 2. The zero-order valence-corrected chi connectivity index (χ0v) is 9.50. The van der Waals surface area contributed by atoms with E-state index in [2.05, 4.69) is 11.7 Å². The molecular weight excluding hydrogens is 226 g/mol. The topological polar surface area (TPSA) is 43.1 Å². The summed E-state index contributed by atoms with van der Waals surface area (Å²) in [6.45, 7) is 0. The average Bonchev–Trinajstić information content (AvgIpc) is 2.03. The van der Waals surface area contributed by atoms with Crippen molar-refractivity contribution >= 4 is 37.6 Å². The van der Waals surface area contributed by atoms with E-state index in [0.717, 1.165) is 0 Å². The molecule has 0 amide bonds. The first-order valence-electron chi connectivity index (χ1n) is 3.50. The predicted molar refractivity (Wildman–Crippen MR) is 62.5 cm³/mol. The van der Waals surface area contributed by atoms with Gasteiger partial charge in [-0.15, -0.1) is 11.7 Å². The van der Waals surface area contributed by atoms with Crippen LogP contribution in [0.15, 0.2) is 24.3 Å². The summed E-state index contributed by atoms with van der Waals surface area (Å²) in [5, 5.41) is 6.08. The standard InChI is InChI=1S/C8H10ClNOS2/c1-13(10,12)8(11)6-2-4-7(9)5-3-6/h2-5,12H,10H2,1H3. The summed E-state index contributed by atoms with van der Waals surface area (Å²) in [4.78, 5) is 11.6. The molecule has 0 heterocycles. The number of nitrogens with two attached hydrogens (primary N) is 1. The van der Waals surface area contributed by atoms with Crippen LogP contribution in [0.3, 0.4) is 0 Å². The van der Waals surface area contributed by atoms with E-state index in [9.17, 15) is 4.79 Å². The highest BCUT2D eigenvalue weighted by Gasteiger charge is 2.19. The Labute approximate surface area is 88.7 Å². The molecule has 0 radical (unpaired) electrons. The van der Waals surface area contributed by atoms with E-state index < -0.39 is 9.25 Å². The second-order valence-electron chi connectivity index (χ2n) is 2.73. The molecule has 72 valence electrons. The number of rotatable bonds is 1. The minimum atomic E-state index is -1.96. The lowest BCUT2D eigenvalue weighted by Gasteiger charge is -2.21. The molecule has 0 aliphatic heterocycles. The van der Waals surface area contributed by atoms with Gasteiger partial charge in [0.05, 0.1) is 0 Å².